The van der Waals surface area contributed by atoms with Crippen molar-refractivity contribution in [3.8, 4) is 0 Å². The van der Waals surface area contributed by atoms with Crippen LogP contribution in [0.5, 0.6) is 0 Å². The number of rotatable bonds is 3. The van der Waals surface area contributed by atoms with Crippen LogP contribution in [0.2, 0.25) is 5.02 Å². The van der Waals surface area contributed by atoms with Crippen LogP contribution in [-0.4, -0.2) is 13.2 Å². The van der Waals surface area contributed by atoms with E-state index in [1.54, 1.807) is 0 Å². The number of nitrogens with one attached hydrogen (secondary N) is 1. The van der Waals surface area contributed by atoms with Gasteiger partial charge in [0, 0.05) is 17.5 Å². The predicted molar refractivity (Wildman–Crippen MR) is 65.2 cm³/mol. The highest BCUT2D eigenvalue weighted by atomic mass is 35.5. The maximum atomic E-state index is 6.01. The highest BCUT2D eigenvalue weighted by molar-refractivity contribution is 6.31. The van der Waals surface area contributed by atoms with Gasteiger partial charge in [0.15, 0.2) is 0 Å². The first kappa shape index (κ1) is 11.9. The molecule has 3 N–H and O–H groups in total. The summed E-state index contributed by atoms with van der Waals surface area (Å²) < 4.78 is 5.39. The number of benzene rings is 1. The summed E-state index contributed by atoms with van der Waals surface area (Å²) in [5.74, 6) is 6.08. The number of hydrogen-bond donors (Lipinski definition) is 2. The standard InChI is InChI=1S/C12H17ClN2O/c1-8-6-9(2-3-11(8)13)12(15-14)10-4-5-16-7-10/h2-3,6,10,12,15H,4-5,7,14H2,1H3. The van der Waals surface area contributed by atoms with Crippen molar-refractivity contribution in [3.63, 3.8) is 0 Å². The first-order chi connectivity index (χ1) is 7.72. The van der Waals surface area contributed by atoms with Gasteiger partial charge in [-0.1, -0.05) is 23.7 Å². The smallest absolute Gasteiger partial charge is 0.0513 e. The highest BCUT2D eigenvalue weighted by Gasteiger charge is 2.26. The Morgan fingerprint density at radius 1 is 1.56 bits per heavy atom. The molecular weight excluding hydrogens is 224 g/mol. The van der Waals surface area contributed by atoms with Gasteiger partial charge in [-0.25, -0.2) is 0 Å². The molecule has 2 atom stereocenters. The summed E-state index contributed by atoms with van der Waals surface area (Å²) in [6.45, 7) is 3.61. The molecule has 2 unspecified atom stereocenters. The van der Waals surface area contributed by atoms with E-state index in [4.69, 9.17) is 22.2 Å². The second-order valence-electron chi connectivity index (χ2n) is 4.28. The zero-order valence-corrected chi connectivity index (χ0v) is 10.1. The Morgan fingerprint density at radius 2 is 2.38 bits per heavy atom. The molecule has 0 amide bonds. The Bertz CT molecular complexity index is 364. The molecule has 1 aromatic rings. The van der Waals surface area contributed by atoms with E-state index < -0.39 is 0 Å². The van der Waals surface area contributed by atoms with Crippen molar-refractivity contribution >= 4 is 11.6 Å². The number of halogens is 1. The Balaban J connectivity index is 2.22. The Labute approximate surface area is 101 Å². The minimum absolute atomic E-state index is 0.151. The van der Waals surface area contributed by atoms with E-state index in [2.05, 4.69) is 11.5 Å². The largest absolute Gasteiger partial charge is 0.381 e. The summed E-state index contributed by atoms with van der Waals surface area (Å²) in [6.07, 6.45) is 1.05. The van der Waals surface area contributed by atoms with Crippen LogP contribution in [0.4, 0.5) is 0 Å². The molecule has 2 rings (SSSR count). The minimum Gasteiger partial charge on any atom is -0.381 e. The number of hydrogen-bond acceptors (Lipinski definition) is 3. The van der Waals surface area contributed by atoms with Crippen LogP contribution in [0.3, 0.4) is 0 Å². The Kier molecular flexibility index (Phi) is 3.82. The van der Waals surface area contributed by atoms with E-state index >= 15 is 0 Å². The molecule has 1 aromatic carbocycles. The van der Waals surface area contributed by atoms with Gasteiger partial charge in [-0.05, 0) is 30.5 Å². The fourth-order valence-electron chi connectivity index (χ4n) is 2.18. The molecule has 3 nitrogen and oxygen atoms in total. The summed E-state index contributed by atoms with van der Waals surface area (Å²) in [6, 6.07) is 6.19. The number of hydrazine groups is 1. The van der Waals surface area contributed by atoms with Gasteiger partial charge in [-0.15, -0.1) is 0 Å². The molecule has 0 bridgehead atoms. The first-order valence-corrected chi connectivity index (χ1v) is 5.90. The van der Waals surface area contributed by atoms with E-state index in [0.29, 0.717) is 5.92 Å². The van der Waals surface area contributed by atoms with Crippen molar-refractivity contribution in [3.05, 3.63) is 34.3 Å². The van der Waals surface area contributed by atoms with Crippen LogP contribution in [-0.2, 0) is 4.74 Å². The summed E-state index contributed by atoms with van der Waals surface area (Å²) in [5, 5.41) is 0.794. The van der Waals surface area contributed by atoms with E-state index in [1.807, 2.05) is 19.1 Å². The fraction of sp³-hybridized carbons (Fsp3) is 0.500. The molecule has 0 saturated carbocycles. The van der Waals surface area contributed by atoms with E-state index in [9.17, 15) is 0 Å². The normalized spacial score (nSPS) is 22.3. The van der Waals surface area contributed by atoms with Gasteiger partial charge < -0.3 is 4.74 Å². The fourth-order valence-corrected chi connectivity index (χ4v) is 2.30. The first-order valence-electron chi connectivity index (χ1n) is 5.52. The highest BCUT2D eigenvalue weighted by Crippen LogP contribution is 2.30. The maximum Gasteiger partial charge on any atom is 0.0513 e. The van der Waals surface area contributed by atoms with Crippen molar-refractivity contribution in [2.24, 2.45) is 11.8 Å². The van der Waals surface area contributed by atoms with Crippen LogP contribution in [0.1, 0.15) is 23.6 Å². The van der Waals surface area contributed by atoms with Crippen molar-refractivity contribution in [2.75, 3.05) is 13.2 Å². The molecule has 4 heteroatoms. The lowest BCUT2D eigenvalue weighted by atomic mass is 9.92. The summed E-state index contributed by atoms with van der Waals surface area (Å²) in [5.41, 5.74) is 5.15. The second-order valence-corrected chi connectivity index (χ2v) is 4.68. The van der Waals surface area contributed by atoms with Gasteiger partial charge >= 0.3 is 0 Å². The molecule has 0 spiro atoms. The summed E-state index contributed by atoms with van der Waals surface area (Å²) >= 11 is 6.01. The lowest BCUT2D eigenvalue weighted by Gasteiger charge is -2.22. The van der Waals surface area contributed by atoms with Gasteiger partial charge in [-0.3, -0.25) is 11.3 Å². The van der Waals surface area contributed by atoms with Crippen LogP contribution < -0.4 is 11.3 Å². The quantitative estimate of drug-likeness (QED) is 0.629. The average Bonchev–Trinajstić information content (AvgIpc) is 2.78. The van der Waals surface area contributed by atoms with E-state index in [0.717, 1.165) is 30.2 Å². The molecule has 1 aliphatic rings. The van der Waals surface area contributed by atoms with Crippen molar-refractivity contribution in [2.45, 2.75) is 19.4 Å². The van der Waals surface area contributed by atoms with Crippen molar-refractivity contribution in [1.29, 1.82) is 0 Å². The van der Waals surface area contributed by atoms with Crippen LogP contribution in [0, 0.1) is 12.8 Å². The van der Waals surface area contributed by atoms with E-state index in [-0.39, 0.29) is 6.04 Å². The molecule has 1 saturated heterocycles. The molecule has 0 aromatic heterocycles. The second kappa shape index (κ2) is 5.15. The lowest BCUT2D eigenvalue weighted by Crippen LogP contribution is -2.33. The summed E-state index contributed by atoms with van der Waals surface area (Å²) in [7, 11) is 0. The van der Waals surface area contributed by atoms with Gasteiger partial charge in [0.1, 0.15) is 0 Å². The Hall–Kier alpha value is -0.610. The number of aryl methyl sites for hydroxylation is 1. The third kappa shape index (κ3) is 2.38. The zero-order chi connectivity index (χ0) is 11.5. The van der Waals surface area contributed by atoms with Gasteiger partial charge in [0.25, 0.3) is 0 Å². The molecule has 0 radical (unpaired) electrons. The topological polar surface area (TPSA) is 47.3 Å². The zero-order valence-electron chi connectivity index (χ0n) is 9.37. The number of ether oxygens (including phenoxy) is 1. The molecule has 16 heavy (non-hydrogen) atoms. The monoisotopic (exact) mass is 240 g/mol. The number of nitrogens with two attached hydrogens (primary N) is 1. The Morgan fingerprint density at radius 3 is 2.94 bits per heavy atom. The van der Waals surface area contributed by atoms with Crippen molar-refractivity contribution in [1.82, 2.24) is 5.43 Å². The van der Waals surface area contributed by atoms with Gasteiger partial charge in [0.2, 0.25) is 0 Å². The van der Waals surface area contributed by atoms with Crippen LogP contribution in [0.25, 0.3) is 0 Å². The third-order valence-corrected chi connectivity index (χ3v) is 3.58. The molecule has 1 heterocycles. The van der Waals surface area contributed by atoms with Crippen LogP contribution >= 0.6 is 11.6 Å². The lowest BCUT2D eigenvalue weighted by molar-refractivity contribution is 0.177. The summed E-state index contributed by atoms with van der Waals surface area (Å²) in [4.78, 5) is 0. The van der Waals surface area contributed by atoms with Gasteiger partial charge in [0.05, 0.1) is 12.6 Å². The molecular formula is C12H17ClN2O. The van der Waals surface area contributed by atoms with Crippen molar-refractivity contribution < 1.29 is 4.74 Å². The average molecular weight is 241 g/mol. The third-order valence-electron chi connectivity index (χ3n) is 3.16. The van der Waals surface area contributed by atoms with E-state index in [1.165, 1.54) is 5.56 Å². The minimum atomic E-state index is 0.151. The molecule has 88 valence electrons. The molecule has 1 aliphatic heterocycles. The molecule has 1 fully saturated rings. The van der Waals surface area contributed by atoms with Gasteiger partial charge in [-0.2, -0.15) is 0 Å². The molecule has 0 aliphatic carbocycles. The SMILES string of the molecule is Cc1cc(C(NN)C2CCOC2)ccc1Cl. The maximum absolute atomic E-state index is 6.01. The van der Waals surface area contributed by atoms with Crippen LogP contribution in [0.15, 0.2) is 18.2 Å². The predicted octanol–water partition coefficient (Wildman–Crippen LogP) is 2.19.